The molecule has 0 bridgehead atoms. The van der Waals surface area contributed by atoms with Crippen molar-refractivity contribution in [1.29, 1.82) is 0 Å². The van der Waals surface area contributed by atoms with Gasteiger partial charge < -0.3 is 10.2 Å². The van der Waals surface area contributed by atoms with Gasteiger partial charge in [0.1, 0.15) is 0 Å². The van der Waals surface area contributed by atoms with Crippen LogP contribution in [0.2, 0.25) is 0 Å². The van der Waals surface area contributed by atoms with Crippen LogP contribution in [-0.4, -0.2) is 24.9 Å². The summed E-state index contributed by atoms with van der Waals surface area (Å²) in [5.74, 6) is 0.00510. The number of nitrogens with zero attached hydrogens (tertiary/aromatic N) is 1. The maximum atomic E-state index is 11.0. The zero-order valence-corrected chi connectivity index (χ0v) is 10.4. The molecule has 0 aliphatic rings. The van der Waals surface area contributed by atoms with Crippen molar-refractivity contribution in [3.05, 3.63) is 35.4 Å². The third kappa shape index (κ3) is 4.03. The van der Waals surface area contributed by atoms with Crippen LogP contribution < -0.4 is 5.32 Å². The van der Waals surface area contributed by atoms with Crippen LogP contribution in [0.3, 0.4) is 0 Å². The summed E-state index contributed by atoms with van der Waals surface area (Å²) in [6.45, 7) is 4.46. The monoisotopic (exact) mass is 220 g/mol. The predicted molar refractivity (Wildman–Crippen MR) is 66.1 cm³/mol. The van der Waals surface area contributed by atoms with E-state index in [2.05, 4.69) is 22.3 Å². The molecule has 0 saturated heterocycles. The minimum absolute atomic E-state index is 0.00510. The summed E-state index contributed by atoms with van der Waals surface area (Å²) in [6, 6.07) is 8.39. The van der Waals surface area contributed by atoms with Gasteiger partial charge in [-0.1, -0.05) is 24.3 Å². The van der Waals surface area contributed by atoms with E-state index in [0.717, 1.165) is 12.1 Å². The summed E-state index contributed by atoms with van der Waals surface area (Å²) < 4.78 is 0. The first kappa shape index (κ1) is 12.7. The van der Waals surface area contributed by atoms with Crippen molar-refractivity contribution in [2.75, 3.05) is 14.1 Å². The lowest BCUT2D eigenvalue weighted by Crippen LogP contribution is -2.23. The highest BCUT2D eigenvalue weighted by atomic mass is 16.1. The van der Waals surface area contributed by atoms with Gasteiger partial charge in [-0.15, -0.1) is 0 Å². The molecule has 0 heterocycles. The van der Waals surface area contributed by atoms with Gasteiger partial charge in [-0.25, -0.2) is 0 Å². The molecule has 0 aliphatic heterocycles. The Morgan fingerprint density at radius 3 is 2.69 bits per heavy atom. The highest BCUT2D eigenvalue weighted by Crippen LogP contribution is 2.14. The molecule has 0 unspecified atom stereocenters. The smallest absolute Gasteiger partial charge is 0.217 e. The molecule has 1 amide bonds. The maximum absolute atomic E-state index is 11.0. The number of benzene rings is 1. The summed E-state index contributed by atoms with van der Waals surface area (Å²) in [5, 5.41) is 2.89. The van der Waals surface area contributed by atoms with Gasteiger partial charge in [0.25, 0.3) is 0 Å². The molecule has 0 fully saturated rings. The number of amides is 1. The molecule has 3 nitrogen and oxygen atoms in total. The fourth-order valence-corrected chi connectivity index (χ4v) is 1.71. The Morgan fingerprint density at radius 1 is 1.44 bits per heavy atom. The highest BCUT2D eigenvalue weighted by molar-refractivity contribution is 5.73. The van der Waals surface area contributed by atoms with Crippen molar-refractivity contribution < 1.29 is 4.79 Å². The van der Waals surface area contributed by atoms with Crippen molar-refractivity contribution in [3.8, 4) is 0 Å². The fraction of sp³-hybridized carbons (Fsp3) is 0.462. The number of rotatable bonds is 4. The number of hydrogen-bond donors (Lipinski definition) is 1. The van der Waals surface area contributed by atoms with Crippen LogP contribution in [0.1, 0.15) is 31.0 Å². The first-order valence-electron chi connectivity index (χ1n) is 5.49. The maximum Gasteiger partial charge on any atom is 0.217 e. The van der Waals surface area contributed by atoms with Crippen molar-refractivity contribution >= 4 is 5.91 Å². The molecule has 0 radical (unpaired) electrons. The van der Waals surface area contributed by atoms with Crippen LogP contribution in [0.15, 0.2) is 24.3 Å². The van der Waals surface area contributed by atoms with Crippen LogP contribution in [0.4, 0.5) is 0 Å². The van der Waals surface area contributed by atoms with Gasteiger partial charge in [0.15, 0.2) is 0 Å². The van der Waals surface area contributed by atoms with Crippen LogP contribution in [0.25, 0.3) is 0 Å². The van der Waals surface area contributed by atoms with E-state index in [1.165, 1.54) is 5.56 Å². The van der Waals surface area contributed by atoms with Gasteiger partial charge in [0.2, 0.25) is 5.91 Å². The average molecular weight is 220 g/mol. The number of carbonyl (C=O) groups excluding carboxylic acids is 1. The van der Waals surface area contributed by atoms with E-state index in [0.29, 0.717) is 0 Å². The minimum atomic E-state index is 0.00510. The third-order valence-electron chi connectivity index (χ3n) is 2.37. The van der Waals surface area contributed by atoms with Crippen molar-refractivity contribution in [2.24, 2.45) is 0 Å². The van der Waals surface area contributed by atoms with Crippen LogP contribution in [-0.2, 0) is 11.3 Å². The summed E-state index contributed by atoms with van der Waals surface area (Å²) in [4.78, 5) is 13.1. The van der Waals surface area contributed by atoms with E-state index >= 15 is 0 Å². The van der Waals surface area contributed by atoms with Crippen LogP contribution in [0, 0.1) is 0 Å². The molecule has 1 N–H and O–H groups in total. The normalized spacial score (nSPS) is 12.6. The zero-order valence-electron chi connectivity index (χ0n) is 10.4. The Morgan fingerprint density at radius 2 is 2.12 bits per heavy atom. The van der Waals surface area contributed by atoms with E-state index in [4.69, 9.17) is 0 Å². The summed E-state index contributed by atoms with van der Waals surface area (Å²) in [5.41, 5.74) is 2.41. The van der Waals surface area contributed by atoms with Gasteiger partial charge >= 0.3 is 0 Å². The Labute approximate surface area is 97.5 Å². The van der Waals surface area contributed by atoms with E-state index in [-0.39, 0.29) is 11.9 Å². The molecule has 0 spiro atoms. The van der Waals surface area contributed by atoms with E-state index < -0.39 is 0 Å². The Bertz CT molecular complexity index is 361. The third-order valence-corrected chi connectivity index (χ3v) is 2.37. The summed E-state index contributed by atoms with van der Waals surface area (Å²) in [6.07, 6.45) is 0. The van der Waals surface area contributed by atoms with Crippen molar-refractivity contribution in [1.82, 2.24) is 10.2 Å². The Hall–Kier alpha value is -1.35. The first-order chi connectivity index (χ1) is 7.49. The number of carbonyl (C=O) groups is 1. The molecule has 1 aromatic carbocycles. The van der Waals surface area contributed by atoms with Crippen LogP contribution in [0.5, 0.6) is 0 Å². The lowest BCUT2D eigenvalue weighted by Gasteiger charge is -2.15. The van der Waals surface area contributed by atoms with E-state index in [1.54, 1.807) is 6.92 Å². The molecule has 16 heavy (non-hydrogen) atoms. The quantitative estimate of drug-likeness (QED) is 0.841. The molecule has 1 aromatic rings. The molecule has 0 aromatic heterocycles. The molecule has 0 aliphatic carbocycles. The number of nitrogens with one attached hydrogen (secondary N) is 1. The lowest BCUT2D eigenvalue weighted by molar-refractivity contribution is -0.119. The first-order valence-corrected chi connectivity index (χ1v) is 5.49. The Balaban J connectivity index is 2.77. The van der Waals surface area contributed by atoms with E-state index in [9.17, 15) is 4.79 Å². The second-order valence-electron chi connectivity index (χ2n) is 4.41. The summed E-state index contributed by atoms with van der Waals surface area (Å²) in [7, 11) is 4.09. The fourth-order valence-electron chi connectivity index (χ4n) is 1.71. The van der Waals surface area contributed by atoms with Gasteiger partial charge in [0.05, 0.1) is 6.04 Å². The Kier molecular flexibility index (Phi) is 4.50. The van der Waals surface area contributed by atoms with Gasteiger partial charge in [0, 0.05) is 13.5 Å². The minimum Gasteiger partial charge on any atom is -0.350 e. The zero-order chi connectivity index (χ0) is 12.1. The van der Waals surface area contributed by atoms with Gasteiger partial charge in [-0.2, -0.15) is 0 Å². The topological polar surface area (TPSA) is 32.3 Å². The predicted octanol–water partition coefficient (Wildman–Crippen LogP) is 1.95. The van der Waals surface area contributed by atoms with Crippen molar-refractivity contribution in [2.45, 2.75) is 26.4 Å². The molecule has 1 rings (SSSR count). The second kappa shape index (κ2) is 5.66. The molecule has 0 saturated carbocycles. The molecule has 1 atom stereocenters. The summed E-state index contributed by atoms with van der Waals surface area (Å²) >= 11 is 0. The van der Waals surface area contributed by atoms with Crippen molar-refractivity contribution in [3.63, 3.8) is 0 Å². The molecular weight excluding hydrogens is 200 g/mol. The van der Waals surface area contributed by atoms with Crippen LogP contribution >= 0.6 is 0 Å². The van der Waals surface area contributed by atoms with Gasteiger partial charge in [-0.3, -0.25) is 4.79 Å². The second-order valence-corrected chi connectivity index (χ2v) is 4.41. The molecular formula is C13H20N2O. The average Bonchev–Trinajstić information content (AvgIpc) is 2.16. The standard InChI is InChI=1S/C13H20N2O/c1-10(14-11(2)16)13-7-5-6-12(8-13)9-15(3)4/h5-8,10H,9H2,1-4H3,(H,14,16)/t10-/m1/s1. The van der Waals surface area contributed by atoms with E-state index in [1.807, 2.05) is 33.2 Å². The number of hydrogen-bond acceptors (Lipinski definition) is 2. The SMILES string of the molecule is CC(=O)N[C@H](C)c1cccc(CN(C)C)c1. The lowest BCUT2D eigenvalue weighted by atomic mass is 10.0. The van der Waals surface area contributed by atoms with Gasteiger partial charge in [-0.05, 0) is 32.1 Å². The highest BCUT2D eigenvalue weighted by Gasteiger charge is 2.06. The molecule has 3 heteroatoms. The largest absolute Gasteiger partial charge is 0.350 e. The molecule has 88 valence electrons.